The summed E-state index contributed by atoms with van der Waals surface area (Å²) in [4.78, 5) is 43.7. The minimum absolute atomic E-state index is 0.138. The summed E-state index contributed by atoms with van der Waals surface area (Å²) in [6.45, 7) is 3.54. The van der Waals surface area contributed by atoms with E-state index in [1.165, 1.54) is 6.92 Å². The molecule has 3 aromatic carbocycles. The van der Waals surface area contributed by atoms with Gasteiger partial charge < -0.3 is 10.2 Å². The number of rotatable bonds is 3. The molecule has 5 nitrogen and oxygen atoms in total. The average molecular weight is 527 g/mol. The molecule has 1 N–H and O–H groups in total. The van der Waals surface area contributed by atoms with Crippen molar-refractivity contribution in [2.75, 3.05) is 10.2 Å². The molecular formula is C29H23BrN2O3. The molecule has 4 atom stereocenters. The van der Waals surface area contributed by atoms with Gasteiger partial charge in [0, 0.05) is 21.4 Å². The van der Waals surface area contributed by atoms with Crippen molar-refractivity contribution in [2.45, 2.75) is 31.3 Å². The summed E-state index contributed by atoms with van der Waals surface area (Å²) in [5.74, 6) is -1.48. The molecule has 0 saturated carbocycles. The van der Waals surface area contributed by atoms with Gasteiger partial charge in [-0.25, -0.2) is 0 Å². The molecule has 1 amide bonds. The zero-order valence-corrected chi connectivity index (χ0v) is 20.9. The zero-order valence-electron chi connectivity index (χ0n) is 19.3. The Hall–Kier alpha value is -3.51. The van der Waals surface area contributed by atoms with Crippen LogP contribution in [-0.4, -0.2) is 29.6 Å². The Morgan fingerprint density at radius 3 is 2.51 bits per heavy atom. The molecule has 6 rings (SSSR count). The van der Waals surface area contributed by atoms with Gasteiger partial charge in [-0.3, -0.25) is 14.4 Å². The predicted molar refractivity (Wildman–Crippen MR) is 140 cm³/mol. The van der Waals surface area contributed by atoms with Crippen molar-refractivity contribution >= 4 is 50.9 Å². The minimum Gasteiger partial charge on any atom is -0.352 e. The first kappa shape index (κ1) is 22.0. The molecule has 3 aliphatic rings. The molecule has 3 heterocycles. The number of halogens is 1. The highest BCUT2D eigenvalue weighted by atomic mass is 79.9. The van der Waals surface area contributed by atoms with Crippen molar-refractivity contribution in [2.24, 2.45) is 5.92 Å². The number of Topliss-reactive ketones (excluding diaryl/α,β-unsaturated/α-hetero) is 2. The Bertz CT molecular complexity index is 1440. The Morgan fingerprint density at radius 2 is 1.77 bits per heavy atom. The van der Waals surface area contributed by atoms with Gasteiger partial charge in [0.15, 0.2) is 11.6 Å². The third-order valence-electron chi connectivity index (χ3n) is 7.62. The van der Waals surface area contributed by atoms with E-state index >= 15 is 0 Å². The Balaban J connectivity index is 1.65. The van der Waals surface area contributed by atoms with Crippen molar-refractivity contribution < 1.29 is 14.4 Å². The van der Waals surface area contributed by atoms with Gasteiger partial charge in [-0.1, -0.05) is 70.0 Å². The van der Waals surface area contributed by atoms with Crippen LogP contribution in [0.5, 0.6) is 0 Å². The van der Waals surface area contributed by atoms with Crippen molar-refractivity contribution in [1.82, 2.24) is 0 Å². The second-order valence-electron chi connectivity index (χ2n) is 9.55. The number of hydrogen-bond acceptors (Lipinski definition) is 4. The van der Waals surface area contributed by atoms with Crippen molar-refractivity contribution in [3.8, 4) is 0 Å². The molecule has 174 valence electrons. The highest BCUT2D eigenvalue weighted by Crippen LogP contribution is 2.57. The van der Waals surface area contributed by atoms with Crippen LogP contribution in [-0.2, 0) is 15.0 Å². The van der Waals surface area contributed by atoms with E-state index in [0.717, 1.165) is 26.9 Å². The van der Waals surface area contributed by atoms with E-state index in [1.54, 1.807) is 12.1 Å². The number of nitrogens with one attached hydrogen (secondary N) is 1. The molecule has 0 aromatic heterocycles. The van der Waals surface area contributed by atoms with E-state index in [4.69, 9.17) is 0 Å². The summed E-state index contributed by atoms with van der Waals surface area (Å²) in [5.41, 5.74) is 3.64. The molecule has 0 bridgehead atoms. The number of fused-ring (bicyclic) bond motifs is 6. The van der Waals surface area contributed by atoms with Gasteiger partial charge in [-0.2, -0.15) is 0 Å². The molecule has 1 spiro atoms. The number of carbonyl (C=O) groups is 3. The molecule has 3 aliphatic heterocycles. The first-order valence-corrected chi connectivity index (χ1v) is 12.4. The van der Waals surface area contributed by atoms with E-state index in [9.17, 15) is 14.4 Å². The Labute approximate surface area is 212 Å². The maximum Gasteiger partial charge on any atom is 0.238 e. The van der Waals surface area contributed by atoms with Crippen LogP contribution in [0.25, 0.3) is 6.08 Å². The number of para-hydroxylation sites is 1. The molecule has 6 heteroatoms. The van der Waals surface area contributed by atoms with Crippen LogP contribution in [0.1, 0.15) is 34.0 Å². The van der Waals surface area contributed by atoms with Crippen LogP contribution in [0.15, 0.2) is 77.3 Å². The Morgan fingerprint density at radius 1 is 1.03 bits per heavy atom. The van der Waals surface area contributed by atoms with Crippen LogP contribution in [0, 0.1) is 12.8 Å². The lowest BCUT2D eigenvalue weighted by atomic mass is 9.64. The molecule has 35 heavy (non-hydrogen) atoms. The smallest absolute Gasteiger partial charge is 0.238 e. The maximum atomic E-state index is 14.3. The standard InChI is InChI=1S/C29H23BrN2O3/c1-16-7-13-23-19(15-16)10-14-24-29(21-5-3-4-6-22(21)31-28(29)35)25(26(17(2)33)32(23)24)27(34)18-8-11-20(30)12-9-18/h3-15,24-26H,1-2H3,(H,31,35)/t24-,25+,26+,29-/m0/s1. The number of amides is 1. The van der Waals surface area contributed by atoms with Crippen LogP contribution in [0.4, 0.5) is 11.4 Å². The average Bonchev–Trinajstić information content (AvgIpc) is 3.32. The minimum atomic E-state index is -1.24. The number of hydrogen-bond donors (Lipinski definition) is 1. The molecule has 3 aromatic rings. The normalized spacial score (nSPS) is 25.7. The number of carbonyl (C=O) groups excluding carboxylic acids is 3. The highest BCUT2D eigenvalue weighted by Gasteiger charge is 2.69. The van der Waals surface area contributed by atoms with Gasteiger partial charge in [-0.05, 0) is 55.3 Å². The van der Waals surface area contributed by atoms with Crippen molar-refractivity contribution in [1.29, 1.82) is 0 Å². The third kappa shape index (κ3) is 2.96. The molecule has 1 fully saturated rings. The van der Waals surface area contributed by atoms with E-state index < -0.39 is 23.4 Å². The zero-order chi connectivity index (χ0) is 24.5. The fraction of sp³-hybridized carbons (Fsp3) is 0.207. The lowest BCUT2D eigenvalue weighted by Gasteiger charge is -2.37. The molecule has 0 aliphatic carbocycles. The van der Waals surface area contributed by atoms with Crippen molar-refractivity contribution in [3.63, 3.8) is 0 Å². The summed E-state index contributed by atoms with van der Waals surface area (Å²) in [6, 6.07) is 19.4. The first-order valence-electron chi connectivity index (χ1n) is 11.6. The van der Waals surface area contributed by atoms with Gasteiger partial charge in [-0.15, -0.1) is 0 Å². The highest BCUT2D eigenvalue weighted by molar-refractivity contribution is 9.10. The number of aryl methyl sites for hydroxylation is 1. The van der Waals surface area contributed by atoms with E-state index in [-0.39, 0.29) is 17.5 Å². The predicted octanol–water partition coefficient (Wildman–Crippen LogP) is 5.32. The fourth-order valence-electron chi connectivity index (χ4n) is 6.25. The lowest BCUT2D eigenvalue weighted by Crippen LogP contribution is -2.51. The number of nitrogens with zero attached hydrogens (tertiary/aromatic N) is 1. The quantitative estimate of drug-likeness (QED) is 0.469. The monoisotopic (exact) mass is 526 g/mol. The number of benzene rings is 3. The molecule has 0 unspecified atom stereocenters. The van der Waals surface area contributed by atoms with Gasteiger partial charge in [0.2, 0.25) is 5.91 Å². The van der Waals surface area contributed by atoms with Crippen LogP contribution in [0.3, 0.4) is 0 Å². The topological polar surface area (TPSA) is 66.5 Å². The van der Waals surface area contributed by atoms with Gasteiger partial charge in [0.05, 0.1) is 18.0 Å². The molecule has 1 saturated heterocycles. The number of ketones is 2. The third-order valence-corrected chi connectivity index (χ3v) is 8.14. The summed E-state index contributed by atoms with van der Waals surface area (Å²) in [5, 5.41) is 3.03. The molecular weight excluding hydrogens is 504 g/mol. The van der Waals surface area contributed by atoms with Crippen molar-refractivity contribution in [3.05, 3.63) is 99.5 Å². The Kier molecular flexibility index (Phi) is 4.87. The lowest BCUT2D eigenvalue weighted by molar-refractivity contribution is -0.122. The van der Waals surface area contributed by atoms with Gasteiger partial charge in [0.25, 0.3) is 0 Å². The second-order valence-corrected chi connectivity index (χ2v) is 10.5. The summed E-state index contributed by atoms with van der Waals surface area (Å²) in [6.07, 6.45) is 4.01. The van der Waals surface area contributed by atoms with E-state index in [0.29, 0.717) is 11.3 Å². The summed E-state index contributed by atoms with van der Waals surface area (Å²) < 4.78 is 0.854. The van der Waals surface area contributed by atoms with E-state index in [1.807, 2.05) is 72.5 Å². The summed E-state index contributed by atoms with van der Waals surface area (Å²) >= 11 is 3.43. The summed E-state index contributed by atoms with van der Waals surface area (Å²) in [7, 11) is 0. The number of anilines is 2. The SMILES string of the molecule is CC(=O)[C@@H]1[C@H](C(=O)c2ccc(Br)cc2)[C@@]2(C(=O)Nc3ccccc32)[C@@H]2C=Cc3cc(C)ccc3N12. The fourth-order valence-corrected chi connectivity index (χ4v) is 6.51. The van der Waals surface area contributed by atoms with Gasteiger partial charge >= 0.3 is 0 Å². The molecule has 0 radical (unpaired) electrons. The largest absolute Gasteiger partial charge is 0.352 e. The first-order chi connectivity index (χ1) is 16.8. The maximum absolute atomic E-state index is 14.3. The van der Waals surface area contributed by atoms with Crippen LogP contribution in [0.2, 0.25) is 0 Å². The van der Waals surface area contributed by atoms with Gasteiger partial charge in [0.1, 0.15) is 5.41 Å². The van der Waals surface area contributed by atoms with E-state index in [2.05, 4.69) is 27.3 Å². The van der Waals surface area contributed by atoms with Crippen LogP contribution >= 0.6 is 15.9 Å². The second kappa shape index (κ2) is 7.75. The van der Waals surface area contributed by atoms with Crippen LogP contribution < -0.4 is 10.2 Å².